The van der Waals surface area contributed by atoms with Gasteiger partial charge in [-0.1, -0.05) is 17.8 Å². The molecular weight excluding hydrogens is 284 g/mol. The lowest BCUT2D eigenvalue weighted by Gasteiger charge is -2.24. The highest BCUT2D eigenvalue weighted by molar-refractivity contribution is 7.99. The molecule has 0 fully saturated rings. The van der Waals surface area contributed by atoms with Gasteiger partial charge in [0, 0.05) is 44.3 Å². The van der Waals surface area contributed by atoms with Crippen molar-refractivity contribution in [1.82, 2.24) is 19.9 Å². The molecule has 0 saturated carbocycles. The normalized spacial score (nSPS) is 11.9. The van der Waals surface area contributed by atoms with Gasteiger partial charge in [0.1, 0.15) is 0 Å². The Balaban J connectivity index is 1.84. The minimum atomic E-state index is 0.0820. The molecule has 2 heterocycles. The lowest BCUT2D eigenvalue weighted by atomic mass is 10.1. The van der Waals surface area contributed by atoms with Gasteiger partial charge < -0.3 is 4.90 Å². The maximum Gasteiger partial charge on any atom is 0.232 e. The number of rotatable bonds is 6. The Bertz CT molecular complexity index is 564. The summed E-state index contributed by atoms with van der Waals surface area (Å²) in [6.45, 7) is 2.01. The second-order valence-electron chi connectivity index (χ2n) is 4.71. The second-order valence-corrected chi connectivity index (χ2v) is 5.71. The largest absolute Gasteiger partial charge is 0.342 e. The Morgan fingerprint density at radius 2 is 2.14 bits per heavy atom. The number of nitrogens with zero attached hydrogens (tertiary/aromatic N) is 4. The number of pyridine rings is 1. The molecule has 110 valence electrons. The Morgan fingerprint density at radius 1 is 1.29 bits per heavy atom. The van der Waals surface area contributed by atoms with Crippen LogP contribution >= 0.6 is 11.8 Å². The van der Waals surface area contributed by atoms with Crippen LogP contribution in [0.3, 0.4) is 0 Å². The molecule has 0 spiro atoms. The fourth-order valence-electron chi connectivity index (χ4n) is 1.79. The van der Waals surface area contributed by atoms with E-state index in [0.29, 0.717) is 12.2 Å². The van der Waals surface area contributed by atoms with Crippen molar-refractivity contribution in [1.29, 1.82) is 0 Å². The number of carbonyl (C=O) groups excluding carboxylic acids is 1. The predicted molar refractivity (Wildman–Crippen MR) is 82.9 cm³/mol. The van der Waals surface area contributed by atoms with Crippen molar-refractivity contribution in [2.75, 3.05) is 12.8 Å². The average Bonchev–Trinajstić information content (AvgIpc) is 2.53. The highest BCUT2D eigenvalue weighted by Crippen LogP contribution is 2.15. The number of likely N-dealkylation sites (N-methyl/N-ethyl adjacent to an activating group) is 1. The van der Waals surface area contributed by atoms with Crippen molar-refractivity contribution in [2.24, 2.45) is 0 Å². The van der Waals surface area contributed by atoms with Crippen LogP contribution in [0.4, 0.5) is 0 Å². The molecule has 2 aromatic heterocycles. The molecule has 2 rings (SSSR count). The van der Waals surface area contributed by atoms with E-state index in [0.717, 1.165) is 10.7 Å². The highest BCUT2D eigenvalue weighted by Gasteiger charge is 2.17. The molecule has 0 bridgehead atoms. The van der Waals surface area contributed by atoms with Gasteiger partial charge in [-0.15, -0.1) is 0 Å². The lowest BCUT2D eigenvalue weighted by Crippen LogP contribution is -2.37. The molecule has 0 aliphatic carbocycles. The van der Waals surface area contributed by atoms with Gasteiger partial charge in [-0.05, 0) is 19.1 Å². The number of amides is 1. The molecular formula is C15H18N4OS. The Kier molecular flexibility index (Phi) is 5.68. The summed E-state index contributed by atoms with van der Waals surface area (Å²) in [6, 6.07) is 5.76. The fraction of sp³-hybridized carbons (Fsp3) is 0.333. The summed E-state index contributed by atoms with van der Waals surface area (Å²) in [5, 5.41) is 0.862. The van der Waals surface area contributed by atoms with Crippen LogP contribution < -0.4 is 0 Å². The molecule has 0 aromatic carbocycles. The number of carbonyl (C=O) groups is 1. The average molecular weight is 302 g/mol. The molecule has 0 radical (unpaired) electrons. The van der Waals surface area contributed by atoms with E-state index in [2.05, 4.69) is 15.0 Å². The highest BCUT2D eigenvalue weighted by atomic mass is 32.2. The minimum absolute atomic E-state index is 0.0820. The van der Waals surface area contributed by atoms with E-state index in [-0.39, 0.29) is 11.9 Å². The quantitative estimate of drug-likeness (QED) is 0.764. The van der Waals surface area contributed by atoms with Crippen LogP contribution in [0.15, 0.2) is 48.0 Å². The maximum absolute atomic E-state index is 12.2. The number of hydrogen-bond donors (Lipinski definition) is 0. The molecule has 0 N–H and O–H groups in total. The van der Waals surface area contributed by atoms with Crippen molar-refractivity contribution >= 4 is 17.7 Å². The Labute approximate surface area is 128 Å². The molecule has 2 aromatic rings. The van der Waals surface area contributed by atoms with Gasteiger partial charge in [-0.2, -0.15) is 0 Å². The molecule has 0 saturated heterocycles. The number of thioether (sulfide) groups is 1. The van der Waals surface area contributed by atoms with Crippen LogP contribution in [-0.2, 0) is 11.2 Å². The third-order valence-corrected chi connectivity index (χ3v) is 4.09. The van der Waals surface area contributed by atoms with Crippen molar-refractivity contribution in [3.05, 3.63) is 48.7 Å². The van der Waals surface area contributed by atoms with Crippen LogP contribution in [0.2, 0.25) is 0 Å². The van der Waals surface area contributed by atoms with E-state index in [1.54, 1.807) is 29.7 Å². The minimum Gasteiger partial charge on any atom is -0.342 e. The van der Waals surface area contributed by atoms with E-state index in [9.17, 15) is 4.79 Å². The second kappa shape index (κ2) is 7.73. The summed E-state index contributed by atoms with van der Waals surface area (Å²) in [7, 11) is 1.82. The van der Waals surface area contributed by atoms with Crippen LogP contribution in [-0.4, -0.2) is 44.6 Å². The van der Waals surface area contributed by atoms with Crippen LogP contribution in [0, 0.1) is 0 Å². The Morgan fingerprint density at radius 3 is 2.81 bits per heavy atom. The van der Waals surface area contributed by atoms with Gasteiger partial charge in [0.05, 0.1) is 16.5 Å². The van der Waals surface area contributed by atoms with Gasteiger partial charge in [0.2, 0.25) is 5.91 Å². The summed E-state index contributed by atoms with van der Waals surface area (Å²) in [6.07, 6.45) is 7.47. The monoisotopic (exact) mass is 302 g/mol. The summed E-state index contributed by atoms with van der Waals surface area (Å²) >= 11 is 1.45. The van der Waals surface area contributed by atoms with E-state index >= 15 is 0 Å². The van der Waals surface area contributed by atoms with E-state index < -0.39 is 0 Å². The van der Waals surface area contributed by atoms with Gasteiger partial charge in [0.25, 0.3) is 0 Å². The van der Waals surface area contributed by atoms with Gasteiger partial charge in [-0.3, -0.25) is 14.8 Å². The third-order valence-electron chi connectivity index (χ3n) is 3.16. The summed E-state index contributed by atoms with van der Waals surface area (Å²) < 4.78 is 0. The van der Waals surface area contributed by atoms with Crippen molar-refractivity contribution in [2.45, 2.75) is 24.4 Å². The van der Waals surface area contributed by atoms with Crippen molar-refractivity contribution < 1.29 is 4.79 Å². The van der Waals surface area contributed by atoms with Gasteiger partial charge >= 0.3 is 0 Å². The SMILES string of the molecule is C[C@H](Cc1cnccn1)N(C)C(=O)CSc1ccccn1. The molecule has 0 aliphatic heterocycles. The molecule has 0 unspecified atom stereocenters. The van der Waals surface area contributed by atoms with E-state index in [1.807, 2.05) is 32.2 Å². The van der Waals surface area contributed by atoms with Crippen LogP contribution in [0.5, 0.6) is 0 Å². The topological polar surface area (TPSA) is 59.0 Å². The first kappa shape index (κ1) is 15.4. The first-order chi connectivity index (χ1) is 10.2. The predicted octanol–water partition coefficient (Wildman–Crippen LogP) is 2.05. The smallest absolute Gasteiger partial charge is 0.232 e. The van der Waals surface area contributed by atoms with Gasteiger partial charge in [0.15, 0.2) is 0 Å². The summed E-state index contributed by atoms with van der Waals surface area (Å²) in [4.78, 5) is 26.4. The van der Waals surface area contributed by atoms with Crippen LogP contribution in [0.1, 0.15) is 12.6 Å². The zero-order chi connectivity index (χ0) is 15.1. The maximum atomic E-state index is 12.2. The van der Waals surface area contributed by atoms with E-state index in [1.165, 1.54) is 11.8 Å². The van der Waals surface area contributed by atoms with Crippen LogP contribution in [0.25, 0.3) is 0 Å². The zero-order valence-corrected chi connectivity index (χ0v) is 13.0. The summed E-state index contributed by atoms with van der Waals surface area (Å²) in [5.74, 6) is 0.472. The molecule has 1 atom stereocenters. The fourth-order valence-corrected chi connectivity index (χ4v) is 2.58. The van der Waals surface area contributed by atoms with Crippen molar-refractivity contribution in [3.63, 3.8) is 0 Å². The lowest BCUT2D eigenvalue weighted by molar-refractivity contribution is -0.128. The summed E-state index contributed by atoms with van der Waals surface area (Å²) in [5.41, 5.74) is 0.891. The first-order valence-electron chi connectivity index (χ1n) is 6.71. The molecule has 6 heteroatoms. The first-order valence-corrected chi connectivity index (χ1v) is 7.69. The number of aromatic nitrogens is 3. The van der Waals surface area contributed by atoms with Gasteiger partial charge in [-0.25, -0.2) is 4.98 Å². The molecule has 0 aliphatic rings. The van der Waals surface area contributed by atoms with Crippen molar-refractivity contribution in [3.8, 4) is 0 Å². The number of hydrogen-bond acceptors (Lipinski definition) is 5. The third kappa shape index (κ3) is 4.82. The molecule has 1 amide bonds. The Hall–Kier alpha value is -1.95. The zero-order valence-electron chi connectivity index (χ0n) is 12.1. The molecule has 5 nitrogen and oxygen atoms in total. The van der Waals surface area contributed by atoms with E-state index in [4.69, 9.17) is 0 Å². The standard InChI is InChI=1S/C15H18N4OS/c1-12(9-13-10-16-7-8-17-13)19(2)15(20)11-21-14-5-3-4-6-18-14/h3-8,10,12H,9,11H2,1-2H3/t12-/m1/s1. The molecule has 21 heavy (non-hydrogen) atoms.